The zero-order valence-corrected chi connectivity index (χ0v) is 4.90. The number of hydrogen-bond acceptors (Lipinski definition) is 4. The molecule has 49 valence electrons. The molecule has 10 heavy (non-hydrogen) atoms. The van der Waals surface area contributed by atoms with Crippen molar-refractivity contribution in [3.8, 4) is 11.5 Å². The van der Waals surface area contributed by atoms with Crippen LogP contribution in [0.15, 0.2) is 16.9 Å². The van der Waals surface area contributed by atoms with Crippen molar-refractivity contribution in [1.29, 1.82) is 0 Å². The van der Waals surface area contributed by atoms with Gasteiger partial charge in [0, 0.05) is 6.07 Å². The molecule has 0 saturated heterocycles. The van der Waals surface area contributed by atoms with Crippen LogP contribution in [0.3, 0.4) is 0 Å². The minimum absolute atomic E-state index is 0.564. The van der Waals surface area contributed by atoms with Crippen LogP contribution < -0.4 is 0 Å². The molecular formula is C5H3N4O. The van der Waals surface area contributed by atoms with Crippen molar-refractivity contribution in [2.75, 3.05) is 0 Å². The molecule has 1 radical (unpaired) electrons. The predicted molar refractivity (Wildman–Crippen MR) is 30.7 cm³/mol. The lowest BCUT2D eigenvalue weighted by molar-refractivity contribution is 0.422. The summed E-state index contributed by atoms with van der Waals surface area (Å²) in [5.41, 5.74) is 0.633. The summed E-state index contributed by atoms with van der Waals surface area (Å²) in [4.78, 5) is 3.74. The van der Waals surface area contributed by atoms with Crippen molar-refractivity contribution in [1.82, 2.24) is 20.3 Å². The monoisotopic (exact) mass is 135 g/mol. The predicted octanol–water partition coefficient (Wildman–Crippen LogP) is 0.260. The molecular weight excluding hydrogens is 132 g/mol. The third-order valence-electron chi connectivity index (χ3n) is 1.05. The lowest BCUT2D eigenvalue weighted by Crippen LogP contribution is -1.78. The van der Waals surface area contributed by atoms with Gasteiger partial charge in [-0.25, -0.2) is 4.98 Å². The summed E-state index contributed by atoms with van der Waals surface area (Å²) in [7, 11) is 0. The van der Waals surface area contributed by atoms with Crippen LogP contribution >= 0.6 is 0 Å². The van der Waals surface area contributed by atoms with Gasteiger partial charge in [0.1, 0.15) is 6.26 Å². The summed E-state index contributed by atoms with van der Waals surface area (Å²) in [5, 5.41) is 9.77. The van der Waals surface area contributed by atoms with Gasteiger partial charge in [-0.1, -0.05) is 5.16 Å². The summed E-state index contributed by atoms with van der Waals surface area (Å²) in [6.45, 7) is 0. The van der Waals surface area contributed by atoms with Crippen LogP contribution in [0.4, 0.5) is 0 Å². The summed E-state index contributed by atoms with van der Waals surface area (Å²) in [6, 6.07) is 1.69. The molecule has 0 aromatic carbocycles. The summed E-state index contributed by atoms with van der Waals surface area (Å²) >= 11 is 0. The maximum atomic E-state index is 4.59. The Kier molecular flexibility index (Phi) is 1.00. The smallest absolute Gasteiger partial charge is 0.221 e. The molecule has 2 heterocycles. The molecule has 2 aromatic rings. The number of aromatic nitrogens is 4. The molecule has 1 N–H and O–H groups in total. The summed E-state index contributed by atoms with van der Waals surface area (Å²) < 4.78 is 4.59. The largest absolute Gasteiger partial charge is 0.364 e. The average molecular weight is 135 g/mol. The van der Waals surface area contributed by atoms with Crippen LogP contribution in [0.2, 0.25) is 0 Å². The van der Waals surface area contributed by atoms with E-state index < -0.39 is 0 Å². The second-order valence-corrected chi connectivity index (χ2v) is 1.67. The maximum absolute atomic E-state index is 4.59. The highest BCUT2D eigenvalue weighted by atomic mass is 16.5. The number of H-pyrrole nitrogens is 1. The van der Waals surface area contributed by atoms with Gasteiger partial charge in [-0.05, 0) is 0 Å². The second kappa shape index (κ2) is 1.94. The number of hydrogen-bond donors (Lipinski definition) is 1. The first-order valence-electron chi connectivity index (χ1n) is 2.66. The molecule has 0 aliphatic heterocycles. The second-order valence-electron chi connectivity index (χ2n) is 1.67. The molecule has 0 spiro atoms. The third kappa shape index (κ3) is 0.680. The Hall–Kier alpha value is -1.65. The molecule has 0 unspecified atom stereocenters. The minimum atomic E-state index is 0.564. The van der Waals surface area contributed by atoms with Crippen LogP contribution in [0.25, 0.3) is 11.5 Å². The Morgan fingerprint density at radius 2 is 2.60 bits per heavy atom. The molecule has 0 aliphatic carbocycles. The van der Waals surface area contributed by atoms with Gasteiger partial charge in [0.25, 0.3) is 0 Å². The van der Waals surface area contributed by atoms with Gasteiger partial charge in [-0.3, -0.25) is 5.10 Å². The first kappa shape index (κ1) is 5.16. The topological polar surface area (TPSA) is 67.6 Å². The van der Waals surface area contributed by atoms with E-state index in [1.165, 1.54) is 6.26 Å². The molecule has 5 nitrogen and oxygen atoms in total. The quantitative estimate of drug-likeness (QED) is 0.609. The zero-order chi connectivity index (χ0) is 6.81. The molecule has 0 amide bonds. The summed E-state index contributed by atoms with van der Waals surface area (Å²) in [6.07, 6.45) is 3.85. The van der Waals surface area contributed by atoms with E-state index in [2.05, 4.69) is 31.2 Å². The highest BCUT2D eigenvalue weighted by molar-refractivity contribution is 5.45. The normalized spacial score (nSPS) is 10.0. The minimum Gasteiger partial charge on any atom is -0.364 e. The van der Waals surface area contributed by atoms with Crippen molar-refractivity contribution in [3.63, 3.8) is 0 Å². The van der Waals surface area contributed by atoms with Gasteiger partial charge in [0.05, 0.1) is 0 Å². The Balaban J connectivity index is 2.48. The van der Waals surface area contributed by atoms with E-state index in [-0.39, 0.29) is 0 Å². The van der Waals surface area contributed by atoms with Gasteiger partial charge >= 0.3 is 0 Å². The van der Waals surface area contributed by atoms with Crippen LogP contribution in [0.5, 0.6) is 0 Å². The zero-order valence-electron chi connectivity index (χ0n) is 4.90. The van der Waals surface area contributed by atoms with E-state index in [0.29, 0.717) is 11.5 Å². The van der Waals surface area contributed by atoms with Gasteiger partial charge in [0.15, 0.2) is 11.5 Å². The SMILES string of the molecule is [c]1n[nH]c(-c2ccon2)n1. The fourth-order valence-electron chi connectivity index (χ4n) is 0.627. The van der Waals surface area contributed by atoms with Gasteiger partial charge in [-0.15, -0.1) is 5.10 Å². The highest BCUT2D eigenvalue weighted by Gasteiger charge is 2.01. The number of nitrogens with zero attached hydrogens (tertiary/aromatic N) is 3. The van der Waals surface area contributed by atoms with Crippen molar-refractivity contribution >= 4 is 0 Å². The first-order chi connectivity index (χ1) is 4.97. The van der Waals surface area contributed by atoms with Crippen molar-refractivity contribution < 1.29 is 4.52 Å². The average Bonchev–Trinajstić information content (AvgIpc) is 2.59. The molecule has 0 saturated carbocycles. The van der Waals surface area contributed by atoms with Crippen LogP contribution in [-0.2, 0) is 0 Å². The fourth-order valence-corrected chi connectivity index (χ4v) is 0.627. The van der Waals surface area contributed by atoms with E-state index in [9.17, 15) is 0 Å². The number of nitrogens with one attached hydrogen (secondary N) is 1. The fraction of sp³-hybridized carbons (Fsp3) is 0. The van der Waals surface area contributed by atoms with Crippen molar-refractivity contribution in [2.24, 2.45) is 0 Å². The molecule has 0 aliphatic rings. The molecule has 5 heteroatoms. The van der Waals surface area contributed by atoms with Crippen LogP contribution in [-0.4, -0.2) is 20.3 Å². The molecule has 0 atom stereocenters. The van der Waals surface area contributed by atoms with Crippen LogP contribution in [0.1, 0.15) is 0 Å². The molecule has 0 bridgehead atoms. The Morgan fingerprint density at radius 3 is 3.20 bits per heavy atom. The van der Waals surface area contributed by atoms with Crippen molar-refractivity contribution in [3.05, 3.63) is 18.7 Å². The van der Waals surface area contributed by atoms with E-state index in [0.717, 1.165) is 0 Å². The van der Waals surface area contributed by atoms with Gasteiger partial charge in [0.2, 0.25) is 6.33 Å². The summed E-state index contributed by atoms with van der Waals surface area (Å²) in [5.74, 6) is 0.564. The standard InChI is InChI=1S/C5H3N4O/c1-2-10-9-4(1)5-6-3-7-8-5/h1-2H,(H,6,7,8). The van der Waals surface area contributed by atoms with Gasteiger partial charge < -0.3 is 4.52 Å². The molecule has 0 fully saturated rings. The van der Waals surface area contributed by atoms with Gasteiger partial charge in [-0.2, -0.15) is 0 Å². The van der Waals surface area contributed by atoms with Crippen LogP contribution in [0, 0.1) is 6.33 Å². The Bertz CT molecular complexity index is 253. The number of aromatic amines is 1. The lowest BCUT2D eigenvalue weighted by atomic mass is 10.4. The molecule has 2 rings (SSSR count). The van der Waals surface area contributed by atoms with E-state index >= 15 is 0 Å². The van der Waals surface area contributed by atoms with E-state index in [1.807, 2.05) is 0 Å². The lowest BCUT2D eigenvalue weighted by Gasteiger charge is -1.80. The maximum Gasteiger partial charge on any atom is 0.221 e. The highest BCUT2D eigenvalue weighted by Crippen LogP contribution is 2.07. The van der Waals surface area contributed by atoms with E-state index in [4.69, 9.17) is 0 Å². The number of rotatable bonds is 1. The Morgan fingerprint density at radius 1 is 1.60 bits per heavy atom. The first-order valence-corrected chi connectivity index (χ1v) is 2.66. The molecule has 2 aromatic heterocycles. The Labute approximate surface area is 56.1 Å². The van der Waals surface area contributed by atoms with E-state index in [1.54, 1.807) is 6.07 Å². The third-order valence-corrected chi connectivity index (χ3v) is 1.05. The van der Waals surface area contributed by atoms with Crippen molar-refractivity contribution in [2.45, 2.75) is 0 Å².